The molecule has 1 amide bonds. The third kappa shape index (κ3) is 8.89. The molecule has 0 heterocycles. The summed E-state index contributed by atoms with van der Waals surface area (Å²) in [7, 11) is 3.19. The first kappa shape index (κ1) is 22.0. The molecule has 0 unspecified atom stereocenters. The van der Waals surface area contributed by atoms with Crippen molar-refractivity contribution < 1.29 is 19.4 Å². The van der Waals surface area contributed by atoms with E-state index in [9.17, 15) is 9.59 Å². The number of carbonyl (C=O) groups excluding carboxylic acids is 1. The summed E-state index contributed by atoms with van der Waals surface area (Å²) in [5, 5.41) is 15.2. The van der Waals surface area contributed by atoms with Crippen molar-refractivity contribution in [2.24, 2.45) is 11.0 Å². The van der Waals surface area contributed by atoms with Crippen molar-refractivity contribution in [1.29, 1.82) is 0 Å². The molecule has 0 aliphatic carbocycles. The topological polar surface area (TPSA) is 124 Å². The van der Waals surface area contributed by atoms with Gasteiger partial charge in [0.25, 0.3) is 0 Å². The molecule has 0 bridgehead atoms. The average Bonchev–Trinajstić information content (AvgIpc) is 2.63. The van der Waals surface area contributed by atoms with E-state index in [1.807, 2.05) is 6.26 Å². The van der Waals surface area contributed by atoms with E-state index in [0.29, 0.717) is 25.1 Å². The number of carboxylic acids is 1. The summed E-state index contributed by atoms with van der Waals surface area (Å²) in [6.07, 6.45) is 2.67. The molecule has 0 spiro atoms. The van der Waals surface area contributed by atoms with Crippen LogP contribution in [0.1, 0.15) is 25.3 Å². The molecule has 10 heteroatoms. The molecule has 2 N–H and O–H groups in total. The number of nitrogens with zero attached hydrogens (tertiary/aromatic N) is 3. The van der Waals surface area contributed by atoms with Gasteiger partial charge in [-0.2, -0.15) is 0 Å². The molecule has 0 saturated carbocycles. The molecule has 142 valence electrons. The molecule has 0 radical (unpaired) electrons. The number of nitrogens with one attached hydrogen (secondary N) is 1. The van der Waals surface area contributed by atoms with Gasteiger partial charge in [-0.3, -0.25) is 4.79 Å². The quantitative estimate of drug-likeness (QED) is 0.240. The van der Waals surface area contributed by atoms with Crippen LogP contribution in [0.15, 0.2) is 29.4 Å². The van der Waals surface area contributed by atoms with Crippen LogP contribution in [0.3, 0.4) is 0 Å². The van der Waals surface area contributed by atoms with Gasteiger partial charge in [-0.15, -0.1) is 0 Å². The lowest BCUT2D eigenvalue weighted by molar-refractivity contribution is -0.141. The fraction of sp³-hybridized carbons (Fsp3) is 0.500. The lowest BCUT2D eigenvalue weighted by Crippen LogP contribution is -2.31. The third-order valence-corrected chi connectivity index (χ3v) is 5.78. The highest BCUT2D eigenvalue weighted by atomic mass is 33.1. The zero-order valence-corrected chi connectivity index (χ0v) is 16.3. The van der Waals surface area contributed by atoms with Crippen molar-refractivity contribution in [2.45, 2.75) is 31.6 Å². The van der Waals surface area contributed by atoms with Gasteiger partial charge >= 0.3 is 12.1 Å². The van der Waals surface area contributed by atoms with Gasteiger partial charge in [0.05, 0.1) is 5.92 Å². The Kier molecular flexibility index (Phi) is 10.5. The van der Waals surface area contributed by atoms with E-state index in [1.54, 1.807) is 52.8 Å². The Hall–Kier alpha value is -2.03. The maximum atomic E-state index is 11.8. The van der Waals surface area contributed by atoms with Crippen molar-refractivity contribution in [2.75, 3.05) is 12.8 Å². The summed E-state index contributed by atoms with van der Waals surface area (Å²) in [5.41, 5.74) is 9.62. The Bertz CT molecular complexity index is 636. The Morgan fingerprint density at radius 1 is 1.35 bits per heavy atom. The molecule has 0 aromatic heterocycles. The summed E-state index contributed by atoms with van der Waals surface area (Å²) in [4.78, 5) is 25.4. The number of benzene rings is 1. The van der Waals surface area contributed by atoms with Gasteiger partial charge in [0.1, 0.15) is 6.61 Å². The molecule has 1 rings (SSSR count). The fourth-order valence-corrected chi connectivity index (χ4v) is 3.95. The van der Waals surface area contributed by atoms with Gasteiger partial charge in [0.2, 0.25) is 0 Å². The fourth-order valence-electron chi connectivity index (χ4n) is 1.99. The van der Waals surface area contributed by atoms with Crippen LogP contribution in [-0.2, 0) is 16.1 Å². The normalized spacial score (nSPS) is 12.5. The summed E-state index contributed by atoms with van der Waals surface area (Å²) >= 11 is 0. The highest BCUT2D eigenvalue weighted by Gasteiger charge is 2.16. The largest absolute Gasteiger partial charge is 0.481 e. The predicted molar refractivity (Wildman–Crippen MR) is 104 cm³/mol. The van der Waals surface area contributed by atoms with Crippen LogP contribution in [0.5, 0.6) is 0 Å². The Balaban J connectivity index is 2.37. The van der Waals surface area contributed by atoms with Gasteiger partial charge in [0, 0.05) is 22.4 Å². The smallest absolute Gasteiger partial charge is 0.407 e. The Morgan fingerprint density at radius 3 is 2.62 bits per heavy atom. The summed E-state index contributed by atoms with van der Waals surface area (Å²) in [6, 6.07) is 6.73. The molecular weight excluding hydrogens is 376 g/mol. The highest BCUT2D eigenvalue weighted by Crippen LogP contribution is 2.27. The number of azide groups is 1. The van der Waals surface area contributed by atoms with E-state index >= 15 is 0 Å². The minimum atomic E-state index is -0.809. The van der Waals surface area contributed by atoms with Crippen LogP contribution in [0.25, 0.3) is 10.4 Å². The second-order valence-electron chi connectivity index (χ2n) is 5.51. The number of ether oxygens (including phenoxy) is 1. The summed E-state index contributed by atoms with van der Waals surface area (Å²) in [5.74, 6) is -1.21. The number of aliphatic carboxylic acids is 1. The van der Waals surface area contributed by atoms with Crippen LogP contribution in [-0.4, -0.2) is 35.2 Å². The highest BCUT2D eigenvalue weighted by molar-refractivity contribution is 8.76. The first-order valence-corrected chi connectivity index (χ1v) is 10.5. The molecule has 1 aromatic rings. The maximum absolute atomic E-state index is 11.8. The molecule has 0 fully saturated rings. The lowest BCUT2D eigenvalue weighted by Gasteiger charge is -2.17. The summed E-state index contributed by atoms with van der Waals surface area (Å²) in [6.45, 7) is 2.20. The predicted octanol–water partition coefficient (Wildman–Crippen LogP) is 4.74. The third-order valence-electron chi connectivity index (χ3n) is 3.52. The van der Waals surface area contributed by atoms with Gasteiger partial charge in [-0.1, -0.05) is 57.9 Å². The van der Waals surface area contributed by atoms with E-state index in [2.05, 4.69) is 15.3 Å². The van der Waals surface area contributed by atoms with Crippen molar-refractivity contribution in [3.8, 4) is 0 Å². The second kappa shape index (κ2) is 12.3. The van der Waals surface area contributed by atoms with Gasteiger partial charge in [-0.05, 0) is 30.2 Å². The minimum absolute atomic E-state index is 0.110. The zero-order valence-electron chi connectivity index (χ0n) is 14.6. The van der Waals surface area contributed by atoms with Crippen LogP contribution in [0, 0.1) is 5.92 Å². The van der Waals surface area contributed by atoms with Crippen LogP contribution in [0.2, 0.25) is 0 Å². The number of carboxylic acid groups (broad SMARTS) is 1. The van der Waals surface area contributed by atoms with E-state index in [4.69, 9.17) is 15.4 Å². The first-order valence-electron chi connectivity index (χ1n) is 7.93. The van der Waals surface area contributed by atoms with Gasteiger partial charge < -0.3 is 15.2 Å². The number of rotatable bonds is 11. The van der Waals surface area contributed by atoms with Gasteiger partial charge in [-0.25, -0.2) is 4.79 Å². The van der Waals surface area contributed by atoms with E-state index in [1.165, 1.54) is 0 Å². The number of hydrogen-bond acceptors (Lipinski definition) is 6. The molecular formula is C16H22N4O4S2. The maximum Gasteiger partial charge on any atom is 0.407 e. The Morgan fingerprint density at radius 2 is 2.04 bits per heavy atom. The standard InChI is InChI=1S/C16H22N4O4S2/c1-11(15(21)22)3-8-14(26-25-2)9-18-16(23)24-10-12-4-6-13(7-5-12)19-20-17/h4-7,11,14H,3,8-10H2,1-2H3,(H,18,23)(H,21,22)/t11-,14-/m0/s1. The van der Waals surface area contributed by atoms with Crippen molar-refractivity contribution in [3.63, 3.8) is 0 Å². The number of amides is 1. The average molecular weight is 399 g/mol. The molecule has 0 aliphatic rings. The molecule has 26 heavy (non-hydrogen) atoms. The summed E-state index contributed by atoms with van der Waals surface area (Å²) < 4.78 is 5.16. The molecule has 8 nitrogen and oxygen atoms in total. The van der Waals surface area contributed by atoms with Gasteiger partial charge in [0.15, 0.2) is 0 Å². The van der Waals surface area contributed by atoms with Crippen LogP contribution < -0.4 is 5.32 Å². The lowest BCUT2D eigenvalue weighted by atomic mass is 10.0. The number of alkyl carbamates (subject to hydrolysis) is 1. The van der Waals surface area contributed by atoms with Crippen molar-refractivity contribution in [1.82, 2.24) is 5.32 Å². The molecule has 0 aliphatic heterocycles. The second-order valence-corrected chi connectivity index (χ2v) is 8.28. The van der Waals surface area contributed by atoms with E-state index in [-0.39, 0.29) is 11.9 Å². The number of hydrogen-bond donors (Lipinski definition) is 2. The molecule has 2 atom stereocenters. The van der Waals surface area contributed by atoms with Crippen LogP contribution >= 0.6 is 21.6 Å². The monoisotopic (exact) mass is 398 g/mol. The Labute approximate surface area is 160 Å². The van der Waals surface area contributed by atoms with Crippen LogP contribution in [0.4, 0.5) is 10.5 Å². The van der Waals surface area contributed by atoms with Crippen molar-refractivity contribution >= 4 is 39.3 Å². The van der Waals surface area contributed by atoms with Crippen molar-refractivity contribution in [3.05, 3.63) is 40.3 Å². The molecule has 0 saturated heterocycles. The number of carbonyl (C=O) groups is 2. The minimum Gasteiger partial charge on any atom is -0.481 e. The molecule has 1 aromatic carbocycles. The van der Waals surface area contributed by atoms with E-state index < -0.39 is 18.0 Å². The SMILES string of the molecule is CSS[C@@H](CC[C@H](C)C(=O)O)CNC(=O)OCc1ccc(N=[N+]=[N-])cc1. The first-order chi connectivity index (χ1) is 12.5. The zero-order chi connectivity index (χ0) is 19.4. The van der Waals surface area contributed by atoms with E-state index in [0.717, 1.165) is 5.56 Å².